The summed E-state index contributed by atoms with van der Waals surface area (Å²) in [7, 11) is 3.30. The predicted molar refractivity (Wildman–Crippen MR) is 121 cm³/mol. The van der Waals surface area contributed by atoms with Crippen molar-refractivity contribution >= 4 is 23.2 Å². The van der Waals surface area contributed by atoms with Crippen LogP contribution in [0.1, 0.15) is 46.2 Å². The molecule has 3 aromatic heterocycles. The van der Waals surface area contributed by atoms with Crippen LogP contribution < -0.4 is 10.9 Å². The van der Waals surface area contributed by atoms with Crippen LogP contribution in [0.15, 0.2) is 58.4 Å². The van der Waals surface area contributed by atoms with Crippen molar-refractivity contribution in [3.63, 3.8) is 0 Å². The van der Waals surface area contributed by atoms with E-state index in [1.165, 1.54) is 24.1 Å². The molecule has 3 heterocycles. The van der Waals surface area contributed by atoms with Gasteiger partial charge in [0.05, 0.1) is 12.4 Å². The van der Waals surface area contributed by atoms with Gasteiger partial charge in [-0.25, -0.2) is 4.98 Å². The first kappa shape index (κ1) is 22.3. The first-order valence-electron chi connectivity index (χ1n) is 10.0. The molecular weight excluding hydrogens is 448 g/mol. The number of benzene rings is 1. The van der Waals surface area contributed by atoms with Crippen molar-refractivity contribution in [3.8, 4) is 5.75 Å². The van der Waals surface area contributed by atoms with Gasteiger partial charge in [-0.05, 0) is 17.2 Å². The van der Waals surface area contributed by atoms with Crippen LogP contribution in [-0.2, 0) is 14.1 Å². The fourth-order valence-electron chi connectivity index (χ4n) is 3.84. The van der Waals surface area contributed by atoms with Crippen molar-refractivity contribution in [3.05, 3.63) is 87.1 Å². The highest BCUT2D eigenvalue weighted by Gasteiger charge is 2.31. The first-order valence-corrected chi connectivity index (χ1v) is 10.4. The average Bonchev–Trinajstić information content (AvgIpc) is 3.45. The van der Waals surface area contributed by atoms with E-state index in [-0.39, 0.29) is 11.6 Å². The van der Waals surface area contributed by atoms with Gasteiger partial charge in [-0.15, -0.1) is 0 Å². The van der Waals surface area contributed by atoms with Gasteiger partial charge < -0.3 is 14.9 Å². The lowest BCUT2D eigenvalue weighted by molar-refractivity contribution is 0.101. The summed E-state index contributed by atoms with van der Waals surface area (Å²) in [5.41, 5.74) is 0.797. The number of aromatic nitrogens is 5. The topological polar surface area (TPSA) is 128 Å². The van der Waals surface area contributed by atoms with Crippen molar-refractivity contribution in [2.45, 2.75) is 18.8 Å². The predicted octanol–water partition coefficient (Wildman–Crippen LogP) is 3.05. The molecule has 0 radical (unpaired) electrons. The zero-order valence-electron chi connectivity index (χ0n) is 18.1. The molecule has 0 aliphatic carbocycles. The van der Waals surface area contributed by atoms with Gasteiger partial charge in [-0.1, -0.05) is 41.9 Å². The summed E-state index contributed by atoms with van der Waals surface area (Å²) in [5, 5.41) is 21.2. The van der Waals surface area contributed by atoms with E-state index < -0.39 is 28.8 Å². The number of nitrogens with one attached hydrogen (secondary N) is 1. The number of carbonyl (C=O) groups excluding carboxylic acids is 1. The normalized spacial score (nSPS) is 13.0. The molecule has 1 aromatic carbocycles. The number of amides is 1. The molecule has 0 bridgehead atoms. The summed E-state index contributed by atoms with van der Waals surface area (Å²) in [6.07, 6.45) is 6.09. The zero-order valence-corrected chi connectivity index (χ0v) is 18.8. The largest absolute Gasteiger partial charge is 0.501 e. The molecule has 0 aliphatic heterocycles. The van der Waals surface area contributed by atoms with Gasteiger partial charge in [0, 0.05) is 37.2 Å². The monoisotopic (exact) mass is 468 g/mol. The standard InChI is InChI=1S/C22H21ClN6O4/c1-12(17(13-8-24-28(2)10-13)15-6-4-5-7-16(15)23)20-27-18(19(30)22(32)29(20)3)21(31)26-14-9-25-33-11-14/h4-12,17,30H,1-3H3,(H,26,31)/t12-,17+/m1/s1. The van der Waals surface area contributed by atoms with Crippen LogP contribution in [0.25, 0.3) is 0 Å². The second kappa shape index (κ2) is 8.91. The third-order valence-corrected chi connectivity index (χ3v) is 5.78. The van der Waals surface area contributed by atoms with Gasteiger partial charge >= 0.3 is 0 Å². The van der Waals surface area contributed by atoms with E-state index in [2.05, 4.69) is 20.6 Å². The SMILES string of the molecule is C[C@@H](c1nc(C(=O)Nc2cnoc2)c(O)c(=O)n1C)[C@@H](c1cnn(C)c1)c1ccccc1Cl. The molecule has 0 spiro atoms. The maximum Gasteiger partial charge on any atom is 0.296 e. The quantitative estimate of drug-likeness (QED) is 0.445. The summed E-state index contributed by atoms with van der Waals surface area (Å²) in [6.45, 7) is 1.88. The van der Waals surface area contributed by atoms with Crippen LogP contribution in [0.4, 0.5) is 5.69 Å². The van der Waals surface area contributed by atoms with Crippen LogP contribution >= 0.6 is 11.6 Å². The van der Waals surface area contributed by atoms with E-state index >= 15 is 0 Å². The molecule has 33 heavy (non-hydrogen) atoms. The lowest BCUT2D eigenvalue weighted by Crippen LogP contribution is -2.29. The summed E-state index contributed by atoms with van der Waals surface area (Å²) >= 11 is 6.53. The zero-order chi connectivity index (χ0) is 23.7. The number of anilines is 1. The maximum atomic E-state index is 12.8. The first-order chi connectivity index (χ1) is 15.8. The van der Waals surface area contributed by atoms with E-state index in [9.17, 15) is 14.7 Å². The molecule has 0 saturated heterocycles. The molecule has 4 rings (SSSR count). The molecule has 0 aliphatic rings. The van der Waals surface area contributed by atoms with Gasteiger partial charge in [0.25, 0.3) is 11.5 Å². The number of hydrogen-bond donors (Lipinski definition) is 2. The molecule has 170 valence electrons. The van der Waals surface area contributed by atoms with E-state index in [0.717, 1.165) is 11.1 Å². The summed E-state index contributed by atoms with van der Waals surface area (Å²) in [5.74, 6) is -1.98. The van der Waals surface area contributed by atoms with Gasteiger partial charge in [-0.2, -0.15) is 5.10 Å². The number of aryl methyl sites for hydroxylation is 1. The Morgan fingerprint density at radius 3 is 2.64 bits per heavy atom. The average molecular weight is 469 g/mol. The minimum absolute atomic E-state index is 0.265. The Morgan fingerprint density at radius 2 is 2.00 bits per heavy atom. The number of aromatic hydroxyl groups is 1. The molecule has 11 heteroatoms. The smallest absolute Gasteiger partial charge is 0.296 e. The van der Waals surface area contributed by atoms with Crippen molar-refractivity contribution in [2.24, 2.45) is 14.1 Å². The van der Waals surface area contributed by atoms with Gasteiger partial charge in [0.2, 0.25) is 5.75 Å². The third kappa shape index (κ3) is 4.24. The van der Waals surface area contributed by atoms with Crippen LogP contribution in [0.2, 0.25) is 5.02 Å². The molecular formula is C22H21ClN6O4. The van der Waals surface area contributed by atoms with E-state index in [0.29, 0.717) is 10.8 Å². The van der Waals surface area contributed by atoms with Crippen molar-refractivity contribution < 1.29 is 14.4 Å². The van der Waals surface area contributed by atoms with Crippen LogP contribution in [0, 0.1) is 0 Å². The fourth-order valence-corrected chi connectivity index (χ4v) is 4.10. The van der Waals surface area contributed by atoms with Crippen LogP contribution in [0.3, 0.4) is 0 Å². The molecule has 4 aromatic rings. The highest BCUT2D eigenvalue weighted by atomic mass is 35.5. The minimum Gasteiger partial charge on any atom is -0.501 e. The molecule has 2 N–H and O–H groups in total. The molecule has 10 nitrogen and oxygen atoms in total. The summed E-state index contributed by atoms with van der Waals surface area (Å²) in [4.78, 5) is 30.0. The summed E-state index contributed by atoms with van der Waals surface area (Å²) < 4.78 is 7.60. The number of rotatable bonds is 6. The van der Waals surface area contributed by atoms with Gasteiger partial charge in [0.15, 0.2) is 5.69 Å². The van der Waals surface area contributed by atoms with Crippen LogP contribution in [0.5, 0.6) is 5.75 Å². The summed E-state index contributed by atoms with van der Waals surface area (Å²) in [6, 6.07) is 7.39. The van der Waals surface area contributed by atoms with E-state index in [1.54, 1.807) is 24.0 Å². The highest BCUT2D eigenvalue weighted by Crippen LogP contribution is 2.40. The number of nitrogens with zero attached hydrogens (tertiary/aromatic N) is 5. The number of hydrogen-bond acceptors (Lipinski definition) is 7. The highest BCUT2D eigenvalue weighted by molar-refractivity contribution is 6.31. The Kier molecular flexibility index (Phi) is 6.01. The van der Waals surface area contributed by atoms with Crippen molar-refractivity contribution in [1.29, 1.82) is 0 Å². The second-order valence-electron chi connectivity index (χ2n) is 7.63. The van der Waals surface area contributed by atoms with Crippen LogP contribution in [-0.4, -0.2) is 35.5 Å². The molecule has 2 atom stereocenters. The third-order valence-electron chi connectivity index (χ3n) is 5.44. The Bertz CT molecular complexity index is 1360. The fraction of sp³-hybridized carbons (Fsp3) is 0.227. The van der Waals surface area contributed by atoms with Crippen molar-refractivity contribution in [1.82, 2.24) is 24.5 Å². The molecule has 0 saturated carbocycles. The number of halogens is 1. The second-order valence-corrected chi connectivity index (χ2v) is 8.04. The molecule has 1 amide bonds. The maximum absolute atomic E-state index is 12.8. The number of carbonyl (C=O) groups is 1. The minimum atomic E-state index is -0.766. The lowest BCUT2D eigenvalue weighted by atomic mass is 9.82. The lowest BCUT2D eigenvalue weighted by Gasteiger charge is -2.26. The van der Waals surface area contributed by atoms with E-state index in [4.69, 9.17) is 16.1 Å². The van der Waals surface area contributed by atoms with Gasteiger partial charge in [0.1, 0.15) is 17.8 Å². The molecule has 0 fully saturated rings. The Balaban J connectivity index is 1.83. The Labute approximate surface area is 193 Å². The van der Waals surface area contributed by atoms with Gasteiger partial charge in [-0.3, -0.25) is 18.8 Å². The van der Waals surface area contributed by atoms with Crippen molar-refractivity contribution in [2.75, 3.05) is 5.32 Å². The molecule has 0 unspecified atom stereocenters. The van der Waals surface area contributed by atoms with E-state index in [1.807, 2.05) is 31.3 Å². The Hall–Kier alpha value is -3.92. The Morgan fingerprint density at radius 1 is 1.24 bits per heavy atom.